The van der Waals surface area contributed by atoms with Crippen molar-refractivity contribution in [2.24, 2.45) is 13.0 Å². The van der Waals surface area contributed by atoms with E-state index >= 15 is 0 Å². The first-order valence-electron chi connectivity index (χ1n) is 9.63. The Kier molecular flexibility index (Phi) is 5.68. The lowest BCUT2D eigenvalue weighted by Crippen LogP contribution is -2.39. The second-order valence-electron chi connectivity index (χ2n) is 7.09. The number of rotatable bonds is 4. The molecule has 1 aliphatic rings. The van der Waals surface area contributed by atoms with Crippen LogP contribution in [0.15, 0.2) is 27.4 Å². The van der Waals surface area contributed by atoms with Crippen LogP contribution in [0.25, 0.3) is 11.1 Å². The summed E-state index contributed by atoms with van der Waals surface area (Å²) in [5.74, 6) is -0.280. The number of aromatic nitrogens is 1. The summed E-state index contributed by atoms with van der Waals surface area (Å²) in [5.41, 5.74) is 1.57. The molecule has 1 aromatic heterocycles. The van der Waals surface area contributed by atoms with Gasteiger partial charge < -0.3 is 14.2 Å². The standard InChI is InChI=1S/C20H27N3O4/c1-4-14(5-2)18(24)22-9-6-10-23(12-11-22)19(25)15-7-8-16-17(13-15)27-20(26)21(16)3/h7-8,13-14H,4-6,9-12H2,1-3H3. The van der Waals surface area contributed by atoms with Crippen molar-refractivity contribution in [3.05, 3.63) is 34.3 Å². The zero-order valence-electron chi connectivity index (χ0n) is 16.2. The van der Waals surface area contributed by atoms with E-state index in [4.69, 9.17) is 4.42 Å². The monoisotopic (exact) mass is 373 g/mol. The minimum absolute atomic E-state index is 0.0654. The molecule has 146 valence electrons. The summed E-state index contributed by atoms with van der Waals surface area (Å²) in [4.78, 5) is 40.8. The number of oxazole rings is 1. The Morgan fingerprint density at radius 1 is 1.07 bits per heavy atom. The highest BCUT2D eigenvalue weighted by molar-refractivity contribution is 5.97. The zero-order valence-corrected chi connectivity index (χ0v) is 16.2. The van der Waals surface area contributed by atoms with Gasteiger partial charge >= 0.3 is 5.76 Å². The van der Waals surface area contributed by atoms with E-state index in [1.807, 2.05) is 18.7 Å². The SMILES string of the molecule is CCC(CC)C(=O)N1CCCN(C(=O)c2ccc3c(c2)oc(=O)n3C)CC1. The topological polar surface area (TPSA) is 75.8 Å². The number of aryl methyl sites for hydroxylation is 1. The maximum absolute atomic E-state index is 12.9. The lowest BCUT2D eigenvalue weighted by atomic mass is 10.0. The highest BCUT2D eigenvalue weighted by atomic mass is 16.4. The molecule has 27 heavy (non-hydrogen) atoms. The number of hydrogen-bond acceptors (Lipinski definition) is 4. The summed E-state index contributed by atoms with van der Waals surface area (Å²) in [5, 5.41) is 0. The Hall–Kier alpha value is -2.57. The Bertz CT molecular complexity index is 894. The van der Waals surface area contributed by atoms with Crippen LogP contribution < -0.4 is 5.76 Å². The molecule has 0 aliphatic carbocycles. The first-order chi connectivity index (χ1) is 13.0. The minimum atomic E-state index is -0.445. The molecule has 0 N–H and O–H groups in total. The van der Waals surface area contributed by atoms with Gasteiger partial charge in [-0.3, -0.25) is 14.2 Å². The highest BCUT2D eigenvalue weighted by Crippen LogP contribution is 2.18. The van der Waals surface area contributed by atoms with E-state index in [1.165, 1.54) is 4.57 Å². The van der Waals surface area contributed by atoms with Gasteiger partial charge in [-0.15, -0.1) is 0 Å². The number of carbonyl (C=O) groups excluding carboxylic acids is 2. The molecule has 1 aromatic carbocycles. The van der Waals surface area contributed by atoms with Crippen LogP contribution in [0.2, 0.25) is 0 Å². The van der Waals surface area contributed by atoms with Crippen molar-refractivity contribution < 1.29 is 14.0 Å². The lowest BCUT2D eigenvalue weighted by Gasteiger charge is -2.25. The van der Waals surface area contributed by atoms with Crippen molar-refractivity contribution in [2.75, 3.05) is 26.2 Å². The molecule has 0 spiro atoms. The molecular formula is C20H27N3O4. The fraction of sp³-hybridized carbons (Fsp3) is 0.550. The smallest absolute Gasteiger partial charge is 0.408 e. The maximum atomic E-state index is 12.9. The second kappa shape index (κ2) is 7.98. The second-order valence-corrected chi connectivity index (χ2v) is 7.09. The summed E-state index contributed by atoms with van der Waals surface area (Å²) in [7, 11) is 1.63. The molecule has 3 rings (SSSR count). The van der Waals surface area contributed by atoms with Crippen molar-refractivity contribution >= 4 is 22.9 Å². The van der Waals surface area contributed by atoms with E-state index in [-0.39, 0.29) is 17.7 Å². The fourth-order valence-corrected chi connectivity index (χ4v) is 3.69. The molecule has 2 amide bonds. The van der Waals surface area contributed by atoms with Gasteiger partial charge in [-0.25, -0.2) is 4.79 Å². The molecule has 1 aliphatic heterocycles. The fourth-order valence-electron chi connectivity index (χ4n) is 3.69. The molecule has 2 heterocycles. The van der Waals surface area contributed by atoms with Crippen molar-refractivity contribution in [3.63, 3.8) is 0 Å². The Labute approximate surface area is 158 Å². The number of fused-ring (bicyclic) bond motifs is 1. The summed E-state index contributed by atoms with van der Waals surface area (Å²) < 4.78 is 6.60. The van der Waals surface area contributed by atoms with Crippen molar-refractivity contribution in [2.45, 2.75) is 33.1 Å². The van der Waals surface area contributed by atoms with Crippen molar-refractivity contribution in [1.29, 1.82) is 0 Å². The molecule has 2 aromatic rings. The predicted octanol–water partition coefficient (Wildman–Crippen LogP) is 2.24. The molecular weight excluding hydrogens is 346 g/mol. The first kappa shape index (κ1) is 19.2. The zero-order chi connectivity index (χ0) is 19.6. The van der Waals surface area contributed by atoms with Gasteiger partial charge in [-0.05, 0) is 37.5 Å². The van der Waals surface area contributed by atoms with E-state index in [0.717, 1.165) is 19.3 Å². The largest absolute Gasteiger partial charge is 0.419 e. The average Bonchev–Trinajstić information content (AvgIpc) is 2.85. The first-order valence-corrected chi connectivity index (χ1v) is 9.63. The number of benzene rings is 1. The van der Waals surface area contributed by atoms with Gasteiger partial charge in [0, 0.05) is 44.7 Å². The summed E-state index contributed by atoms with van der Waals surface area (Å²) in [6.45, 7) is 6.45. The van der Waals surface area contributed by atoms with Crippen LogP contribution in [0, 0.1) is 5.92 Å². The van der Waals surface area contributed by atoms with E-state index in [2.05, 4.69) is 0 Å². The van der Waals surface area contributed by atoms with Crippen molar-refractivity contribution in [1.82, 2.24) is 14.4 Å². The van der Waals surface area contributed by atoms with Gasteiger partial charge in [0.1, 0.15) is 0 Å². The molecule has 0 unspecified atom stereocenters. The van der Waals surface area contributed by atoms with Gasteiger partial charge in [0.15, 0.2) is 5.58 Å². The van der Waals surface area contributed by atoms with Crippen LogP contribution in [0.5, 0.6) is 0 Å². The molecule has 7 nitrogen and oxygen atoms in total. The number of carbonyl (C=O) groups is 2. The van der Waals surface area contributed by atoms with E-state index < -0.39 is 5.76 Å². The van der Waals surface area contributed by atoms with Crippen LogP contribution >= 0.6 is 0 Å². The van der Waals surface area contributed by atoms with Gasteiger partial charge in [0.2, 0.25) is 5.91 Å². The molecule has 0 radical (unpaired) electrons. The van der Waals surface area contributed by atoms with Crippen LogP contribution in [0.3, 0.4) is 0 Å². The number of hydrogen-bond donors (Lipinski definition) is 0. The minimum Gasteiger partial charge on any atom is -0.408 e. The highest BCUT2D eigenvalue weighted by Gasteiger charge is 2.26. The third kappa shape index (κ3) is 3.77. The molecule has 0 bridgehead atoms. The predicted molar refractivity (Wildman–Crippen MR) is 103 cm³/mol. The lowest BCUT2D eigenvalue weighted by molar-refractivity contribution is -0.135. The molecule has 7 heteroatoms. The van der Waals surface area contributed by atoms with Crippen LogP contribution in [0.1, 0.15) is 43.5 Å². The average molecular weight is 373 g/mol. The quantitative estimate of drug-likeness (QED) is 0.824. The Morgan fingerprint density at radius 2 is 1.74 bits per heavy atom. The Balaban J connectivity index is 1.72. The van der Waals surface area contributed by atoms with E-state index in [9.17, 15) is 14.4 Å². The van der Waals surface area contributed by atoms with Crippen molar-refractivity contribution in [3.8, 4) is 0 Å². The molecule has 0 atom stereocenters. The molecule has 0 saturated carbocycles. The van der Waals surface area contributed by atoms with Gasteiger partial charge in [-0.2, -0.15) is 0 Å². The van der Waals surface area contributed by atoms with Crippen LogP contribution in [-0.4, -0.2) is 52.4 Å². The number of amides is 2. The van der Waals surface area contributed by atoms with E-state index in [0.29, 0.717) is 42.8 Å². The van der Waals surface area contributed by atoms with Gasteiger partial charge in [-0.1, -0.05) is 13.8 Å². The summed E-state index contributed by atoms with van der Waals surface area (Å²) >= 11 is 0. The normalized spacial score (nSPS) is 15.4. The maximum Gasteiger partial charge on any atom is 0.419 e. The Morgan fingerprint density at radius 3 is 2.44 bits per heavy atom. The summed E-state index contributed by atoms with van der Waals surface area (Å²) in [6, 6.07) is 5.07. The number of nitrogens with zero attached hydrogens (tertiary/aromatic N) is 3. The molecule has 1 saturated heterocycles. The van der Waals surface area contributed by atoms with Crippen LogP contribution in [-0.2, 0) is 11.8 Å². The third-order valence-corrected chi connectivity index (χ3v) is 5.47. The summed E-state index contributed by atoms with van der Waals surface area (Å²) in [6.07, 6.45) is 2.45. The van der Waals surface area contributed by atoms with E-state index in [1.54, 1.807) is 30.1 Å². The van der Waals surface area contributed by atoms with Gasteiger partial charge in [0.25, 0.3) is 5.91 Å². The van der Waals surface area contributed by atoms with Gasteiger partial charge in [0.05, 0.1) is 5.52 Å². The molecule has 1 fully saturated rings. The van der Waals surface area contributed by atoms with Crippen LogP contribution in [0.4, 0.5) is 0 Å². The third-order valence-electron chi connectivity index (χ3n) is 5.47.